The maximum atomic E-state index is 12.9. The van der Waals surface area contributed by atoms with Crippen molar-refractivity contribution in [2.45, 2.75) is 49.6 Å². The number of ether oxygens (including phenoxy) is 1. The van der Waals surface area contributed by atoms with Crippen molar-refractivity contribution in [3.05, 3.63) is 59.7 Å². The number of piperidine rings is 1. The van der Waals surface area contributed by atoms with E-state index >= 15 is 0 Å². The minimum atomic E-state index is -0.414. The van der Waals surface area contributed by atoms with Crippen molar-refractivity contribution >= 4 is 17.4 Å². The van der Waals surface area contributed by atoms with Gasteiger partial charge in [-0.3, -0.25) is 9.79 Å². The first-order valence-corrected chi connectivity index (χ1v) is 13.0. The summed E-state index contributed by atoms with van der Waals surface area (Å²) >= 11 is 0. The number of nitrogens with one attached hydrogen (secondary N) is 2. The van der Waals surface area contributed by atoms with Gasteiger partial charge in [-0.25, -0.2) is 0 Å². The number of aryl methyl sites for hydroxylation is 1. The van der Waals surface area contributed by atoms with Crippen LogP contribution in [0.2, 0.25) is 0 Å². The summed E-state index contributed by atoms with van der Waals surface area (Å²) in [5.74, 6) is 2.80. The zero-order chi connectivity index (χ0) is 23.8. The molecular formula is C28H35N5O2. The molecule has 0 aromatic heterocycles. The Hall–Kier alpha value is -3.06. The van der Waals surface area contributed by atoms with Crippen LogP contribution in [-0.2, 0) is 11.2 Å². The number of aliphatic imine (C=N–C) groups is 1. The second-order valence-corrected chi connectivity index (χ2v) is 10.3. The minimum Gasteiger partial charge on any atom is -0.497 e. The summed E-state index contributed by atoms with van der Waals surface area (Å²) < 4.78 is 5.42. The minimum absolute atomic E-state index is 0.178. The highest BCUT2D eigenvalue weighted by atomic mass is 16.5. The van der Waals surface area contributed by atoms with E-state index in [2.05, 4.69) is 50.8 Å². The van der Waals surface area contributed by atoms with Crippen molar-refractivity contribution in [2.24, 2.45) is 4.99 Å². The van der Waals surface area contributed by atoms with Crippen LogP contribution in [0.25, 0.3) is 0 Å². The van der Waals surface area contributed by atoms with E-state index in [1.54, 1.807) is 7.11 Å². The predicted octanol–water partition coefficient (Wildman–Crippen LogP) is 2.91. The molecule has 2 atom stereocenters. The van der Waals surface area contributed by atoms with Gasteiger partial charge >= 0.3 is 0 Å². The summed E-state index contributed by atoms with van der Waals surface area (Å²) in [5.41, 5.74) is 3.59. The summed E-state index contributed by atoms with van der Waals surface area (Å²) in [6, 6.07) is 17.3. The number of amidine groups is 1. The van der Waals surface area contributed by atoms with Gasteiger partial charge in [-0.05, 0) is 61.1 Å². The summed E-state index contributed by atoms with van der Waals surface area (Å²) in [4.78, 5) is 22.6. The Bertz CT molecular complexity index is 1110. The highest BCUT2D eigenvalue weighted by molar-refractivity contribution is 5.93. The van der Waals surface area contributed by atoms with E-state index in [0.29, 0.717) is 18.6 Å². The molecule has 2 aromatic carbocycles. The summed E-state index contributed by atoms with van der Waals surface area (Å²) in [6.45, 7) is 4.20. The van der Waals surface area contributed by atoms with Crippen LogP contribution >= 0.6 is 0 Å². The molecule has 3 heterocycles. The average molecular weight is 474 g/mol. The molecule has 0 bridgehead atoms. The number of hydrogen-bond acceptors (Lipinski definition) is 5. The number of benzene rings is 2. The van der Waals surface area contributed by atoms with Gasteiger partial charge in [0, 0.05) is 43.7 Å². The lowest BCUT2D eigenvalue weighted by molar-refractivity contribution is -0.125. The van der Waals surface area contributed by atoms with Gasteiger partial charge < -0.3 is 25.2 Å². The first kappa shape index (κ1) is 22.4. The molecule has 6 rings (SSSR count). The molecule has 2 unspecified atom stereocenters. The maximum Gasteiger partial charge on any atom is 0.247 e. The third kappa shape index (κ3) is 4.05. The van der Waals surface area contributed by atoms with Gasteiger partial charge in [-0.15, -0.1) is 0 Å². The third-order valence-electron chi connectivity index (χ3n) is 8.53. The van der Waals surface area contributed by atoms with Gasteiger partial charge in [0.05, 0.1) is 26.2 Å². The van der Waals surface area contributed by atoms with E-state index in [9.17, 15) is 4.79 Å². The zero-order valence-electron chi connectivity index (χ0n) is 20.5. The van der Waals surface area contributed by atoms with Gasteiger partial charge in [0.25, 0.3) is 0 Å². The number of carbonyl (C=O) groups excluding carboxylic acids is 1. The molecular weight excluding hydrogens is 438 g/mol. The lowest BCUT2D eigenvalue weighted by Gasteiger charge is -2.43. The average Bonchev–Trinajstić information content (AvgIpc) is 3.46. The van der Waals surface area contributed by atoms with Gasteiger partial charge in [0.2, 0.25) is 5.91 Å². The second-order valence-electron chi connectivity index (χ2n) is 10.3. The summed E-state index contributed by atoms with van der Waals surface area (Å²) in [7, 11) is 1.74. The summed E-state index contributed by atoms with van der Waals surface area (Å²) in [6.07, 6.45) is 4.95. The van der Waals surface area contributed by atoms with Crippen molar-refractivity contribution in [2.75, 3.05) is 44.9 Å². The topological polar surface area (TPSA) is 69.2 Å². The van der Waals surface area contributed by atoms with Crippen molar-refractivity contribution < 1.29 is 9.53 Å². The normalized spacial score (nSPS) is 26.4. The number of hydrogen-bond donors (Lipinski definition) is 2. The first-order valence-electron chi connectivity index (χ1n) is 13.0. The Labute approximate surface area is 207 Å². The largest absolute Gasteiger partial charge is 0.497 e. The van der Waals surface area contributed by atoms with Gasteiger partial charge in [0.1, 0.15) is 11.3 Å². The van der Waals surface area contributed by atoms with E-state index in [4.69, 9.17) is 9.73 Å². The molecule has 0 saturated carbocycles. The number of likely N-dealkylation sites (tertiary alicyclic amines) is 1. The molecule has 184 valence electrons. The van der Waals surface area contributed by atoms with E-state index in [1.165, 1.54) is 11.1 Å². The van der Waals surface area contributed by atoms with E-state index in [-0.39, 0.29) is 5.91 Å². The van der Waals surface area contributed by atoms with Gasteiger partial charge in [-0.1, -0.05) is 24.3 Å². The molecule has 2 aromatic rings. The molecule has 0 radical (unpaired) electrons. The smallest absolute Gasteiger partial charge is 0.247 e. The number of carbonyl (C=O) groups is 1. The van der Waals surface area contributed by atoms with Crippen LogP contribution in [0.15, 0.2) is 53.5 Å². The quantitative estimate of drug-likeness (QED) is 0.699. The first-order chi connectivity index (χ1) is 17.2. The molecule has 3 fully saturated rings. The third-order valence-corrected chi connectivity index (χ3v) is 8.53. The standard InChI is InChI=1S/C28H35N5O2/c1-35-22-8-9-23-20(17-22)7-10-25-24(23)18-26(31-25)29-13-16-32-14-11-28(12-15-32)27(34)30-19-33(28)21-5-3-2-4-6-21/h2-6,8-9,17,24-25H,7,10-16,18-19H2,1H3,(H,29,31)(H,30,34). The fraction of sp³-hybridized carbons (Fsp3) is 0.500. The van der Waals surface area contributed by atoms with Gasteiger partial charge in [-0.2, -0.15) is 0 Å². The Morgan fingerprint density at radius 1 is 1.14 bits per heavy atom. The molecule has 35 heavy (non-hydrogen) atoms. The molecule has 1 aliphatic carbocycles. The highest BCUT2D eigenvalue weighted by Gasteiger charge is 2.50. The number of nitrogens with zero attached hydrogens (tertiary/aromatic N) is 3. The molecule has 1 spiro atoms. The second kappa shape index (κ2) is 9.19. The maximum absolute atomic E-state index is 12.9. The molecule has 1 amide bonds. The number of para-hydroxylation sites is 1. The fourth-order valence-corrected chi connectivity index (χ4v) is 6.54. The summed E-state index contributed by atoms with van der Waals surface area (Å²) in [5, 5.41) is 6.80. The number of amides is 1. The predicted molar refractivity (Wildman–Crippen MR) is 138 cm³/mol. The van der Waals surface area contributed by atoms with Crippen LogP contribution in [0.4, 0.5) is 5.69 Å². The molecule has 4 aliphatic rings. The Morgan fingerprint density at radius 3 is 2.77 bits per heavy atom. The van der Waals surface area contributed by atoms with Crippen LogP contribution in [0.1, 0.15) is 42.7 Å². The molecule has 3 aliphatic heterocycles. The van der Waals surface area contributed by atoms with Crippen molar-refractivity contribution in [3.63, 3.8) is 0 Å². The van der Waals surface area contributed by atoms with Crippen LogP contribution in [0, 0.1) is 0 Å². The van der Waals surface area contributed by atoms with Crippen LogP contribution in [0.5, 0.6) is 5.75 Å². The zero-order valence-corrected chi connectivity index (χ0v) is 20.5. The van der Waals surface area contributed by atoms with Crippen LogP contribution in [0.3, 0.4) is 0 Å². The molecule has 7 nitrogen and oxygen atoms in total. The number of anilines is 1. The van der Waals surface area contributed by atoms with Gasteiger partial charge in [0.15, 0.2) is 0 Å². The van der Waals surface area contributed by atoms with Crippen molar-refractivity contribution in [1.82, 2.24) is 15.5 Å². The van der Waals surface area contributed by atoms with E-state index in [0.717, 1.165) is 75.6 Å². The number of methoxy groups -OCH3 is 1. The lowest BCUT2D eigenvalue weighted by Crippen LogP contribution is -2.56. The Kier molecular flexibility index (Phi) is 5.88. The van der Waals surface area contributed by atoms with Crippen molar-refractivity contribution in [1.29, 1.82) is 0 Å². The van der Waals surface area contributed by atoms with Crippen LogP contribution in [-0.4, -0.2) is 68.2 Å². The number of fused-ring (bicyclic) bond motifs is 3. The molecule has 2 N–H and O–H groups in total. The lowest BCUT2D eigenvalue weighted by atomic mass is 9.80. The Morgan fingerprint density at radius 2 is 1.97 bits per heavy atom. The molecule has 3 saturated heterocycles. The SMILES string of the molecule is COc1ccc2c(c1)CCC1NC(=NCCN3CCC4(CC3)C(=O)NCN4c3ccccc3)CC21. The highest BCUT2D eigenvalue weighted by Crippen LogP contribution is 2.39. The van der Waals surface area contributed by atoms with Crippen molar-refractivity contribution in [3.8, 4) is 5.75 Å². The van der Waals surface area contributed by atoms with E-state index < -0.39 is 5.54 Å². The number of rotatable bonds is 5. The fourth-order valence-electron chi connectivity index (χ4n) is 6.54. The van der Waals surface area contributed by atoms with Crippen LogP contribution < -0.4 is 20.3 Å². The monoisotopic (exact) mass is 473 g/mol. The van der Waals surface area contributed by atoms with E-state index in [1.807, 2.05) is 18.2 Å². The molecule has 7 heteroatoms. The Balaban J connectivity index is 1.04.